The second-order valence-electron chi connectivity index (χ2n) is 9.63. The molecule has 1 fully saturated rings. The predicted octanol–water partition coefficient (Wildman–Crippen LogP) is 4.79. The highest BCUT2D eigenvalue weighted by atomic mass is 32.2. The third kappa shape index (κ3) is 6.21. The molecule has 7 heteroatoms. The number of hydrogen-bond donors (Lipinski definition) is 0. The number of allylic oxidation sites excluding steroid dienone is 1. The molecule has 0 spiro atoms. The average Bonchev–Trinajstić information content (AvgIpc) is 2.89. The Kier molecular flexibility index (Phi) is 8.42. The number of nitrogens with zero attached hydrogens (tertiary/aromatic N) is 4. The van der Waals surface area contributed by atoms with Crippen molar-refractivity contribution >= 4 is 15.7 Å². The number of likely N-dealkylation sites (tertiary alicyclic amines) is 1. The van der Waals surface area contributed by atoms with Crippen molar-refractivity contribution in [2.75, 3.05) is 39.8 Å². The molecular formula is C28H38N4O2S. The van der Waals surface area contributed by atoms with Gasteiger partial charge >= 0.3 is 0 Å². The molecule has 6 nitrogen and oxygen atoms in total. The van der Waals surface area contributed by atoms with Crippen LogP contribution in [0.5, 0.6) is 0 Å². The van der Waals surface area contributed by atoms with Crippen LogP contribution in [0, 0.1) is 5.92 Å². The third-order valence-electron chi connectivity index (χ3n) is 7.24. The van der Waals surface area contributed by atoms with Crippen LogP contribution < -0.4 is 0 Å². The van der Waals surface area contributed by atoms with Crippen LogP contribution in [0.3, 0.4) is 0 Å². The minimum Gasteiger partial charge on any atom is -0.371 e. The van der Waals surface area contributed by atoms with Gasteiger partial charge in [-0.2, -0.15) is 4.31 Å². The van der Waals surface area contributed by atoms with Gasteiger partial charge < -0.3 is 9.80 Å². The van der Waals surface area contributed by atoms with Gasteiger partial charge in [0.25, 0.3) is 0 Å². The Labute approximate surface area is 211 Å². The first-order valence-electron chi connectivity index (χ1n) is 12.7. The van der Waals surface area contributed by atoms with Gasteiger partial charge in [-0.3, -0.25) is 4.99 Å². The van der Waals surface area contributed by atoms with Gasteiger partial charge in [0.15, 0.2) is 0 Å². The lowest BCUT2D eigenvalue weighted by molar-refractivity contribution is 0.180. The smallest absolute Gasteiger partial charge is 0.243 e. The first kappa shape index (κ1) is 25.6. The molecule has 35 heavy (non-hydrogen) atoms. The molecule has 0 aromatic heterocycles. The van der Waals surface area contributed by atoms with E-state index < -0.39 is 10.0 Å². The fraction of sp³-hybridized carbons (Fsp3) is 0.464. The standard InChI is InChI=1S/C28H38N4O2S/c1-4-31-21-23(2)29-27(22-31)24-15-18-32(19-16-24)20-17-28(25-11-7-5-8-12-25)30(3)35(33,34)26-13-9-6-10-14-26/h5-14,22,24,28H,4,15-21H2,1-3H3/t28-/m0/s1. The van der Waals surface area contributed by atoms with Crippen LogP contribution in [0.4, 0.5) is 0 Å². The van der Waals surface area contributed by atoms with Crippen molar-refractivity contribution in [3.8, 4) is 0 Å². The molecule has 0 unspecified atom stereocenters. The molecule has 4 rings (SSSR count). The highest BCUT2D eigenvalue weighted by molar-refractivity contribution is 7.89. The van der Waals surface area contributed by atoms with Crippen LogP contribution in [0.1, 0.15) is 44.7 Å². The van der Waals surface area contributed by atoms with E-state index in [4.69, 9.17) is 4.99 Å². The number of benzene rings is 2. The van der Waals surface area contributed by atoms with Crippen LogP contribution >= 0.6 is 0 Å². The fourth-order valence-corrected chi connectivity index (χ4v) is 6.52. The highest BCUT2D eigenvalue weighted by Gasteiger charge is 2.30. The van der Waals surface area contributed by atoms with Crippen molar-refractivity contribution < 1.29 is 8.42 Å². The molecular weight excluding hydrogens is 456 g/mol. The average molecular weight is 495 g/mol. The molecule has 0 amide bonds. The van der Waals surface area contributed by atoms with Crippen molar-refractivity contribution in [3.05, 3.63) is 78.1 Å². The van der Waals surface area contributed by atoms with Crippen LogP contribution in [0.25, 0.3) is 0 Å². The summed E-state index contributed by atoms with van der Waals surface area (Å²) in [5.41, 5.74) is 3.45. The Bertz CT molecular complexity index is 1120. The van der Waals surface area contributed by atoms with Gasteiger partial charge in [-0.05, 0) is 70.4 Å². The summed E-state index contributed by atoms with van der Waals surface area (Å²) in [6.07, 6.45) is 5.19. The summed E-state index contributed by atoms with van der Waals surface area (Å²) in [6.45, 7) is 9.14. The van der Waals surface area contributed by atoms with E-state index in [2.05, 4.69) is 29.8 Å². The van der Waals surface area contributed by atoms with Gasteiger partial charge in [-0.15, -0.1) is 0 Å². The molecule has 0 aliphatic carbocycles. The maximum Gasteiger partial charge on any atom is 0.243 e. The van der Waals surface area contributed by atoms with Crippen molar-refractivity contribution in [3.63, 3.8) is 0 Å². The quantitative estimate of drug-likeness (QED) is 0.503. The van der Waals surface area contributed by atoms with Crippen molar-refractivity contribution in [1.29, 1.82) is 0 Å². The minimum atomic E-state index is -3.59. The zero-order valence-corrected chi connectivity index (χ0v) is 22.0. The van der Waals surface area contributed by atoms with E-state index in [1.807, 2.05) is 36.4 Å². The number of sulfonamides is 1. The molecule has 0 N–H and O–H groups in total. The Balaban J connectivity index is 1.42. The van der Waals surface area contributed by atoms with E-state index in [-0.39, 0.29) is 6.04 Å². The SMILES string of the molecule is CCN1C=C(C2CCN(CC[C@@H](c3ccccc3)N(C)S(=O)(=O)c3ccccc3)CC2)N=C(C)C1. The lowest BCUT2D eigenvalue weighted by Crippen LogP contribution is -2.38. The summed E-state index contributed by atoms with van der Waals surface area (Å²) in [5.74, 6) is 0.501. The molecule has 0 radical (unpaired) electrons. The largest absolute Gasteiger partial charge is 0.371 e. The van der Waals surface area contributed by atoms with Crippen molar-refractivity contribution in [1.82, 2.24) is 14.1 Å². The van der Waals surface area contributed by atoms with Gasteiger partial charge in [0.2, 0.25) is 10.0 Å². The number of aliphatic imine (C=N–C) groups is 1. The van der Waals surface area contributed by atoms with E-state index in [0.29, 0.717) is 10.8 Å². The number of hydrogen-bond acceptors (Lipinski definition) is 5. The van der Waals surface area contributed by atoms with Gasteiger partial charge in [0.05, 0.1) is 23.2 Å². The van der Waals surface area contributed by atoms with E-state index in [1.54, 1.807) is 35.6 Å². The lowest BCUT2D eigenvalue weighted by Gasteiger charge is -2.36. The minimum absolute atomic E-state index is 0.217. The van der Waals surface area contributed by atoms with E-state index in [9.17, 15) is 8.42 Å². The first-order valence-corrected chi connectivity index (χ1v) is 14.1. The predicted molar refractivity (Wildman–Crippen MR) is 143 cm³/mol. The zero-order valence-electron chi connectivity index (χ0n) is 21.2. The summed E-state index contributed by atoms with van der Waals surface area (Å²) >= 11 is 0. The van der Waals surface area contributed by atoms with Crippen molar-refractivity contribution in [2.24, 2.45) is 10.9 Å². The molecule has 2 aliphatic rings. The Morgan fingerprint density at radius 2 is 1.66 bits per heavy atom. The Morgan fingerprint density at radius 1 is 1.03 bits per heavy atom. The normalized spacial score (nSPS) is 18.9. The molecule has 2 heterocycles. The van der Waals surface area contributed by atoms with E-state index >= 15 is 0 Å². The monoisotopic (exact) mass is 494 g/mol. The van der Waals surface area contributed by atoms with Crippen LogP contribution in [-0.4, -0.2) is 68.0 Å². The van der Waals surface area contributed by atoms with Crippen LogP contribution in [0.2, 0.25) is 0 Å². The molecule has 1 atom stereocenters. The highest BCUT2D eigenvalue weighted by Crippen LogP contribution is 2.31. The van der Waals surface area contributed by atoms with E-state index in [1.165, 1.54) is 11.4 Å². The first-order chi connectivity index (χ1) is 16.9. The van der Waals surface area contributed by atoms with Crippen LogP contribution in [-0.2, 0) is 10.0 Å². The Morgan fingerprint density at radius 3 is 2.29 bits per heavy atom. The number of rotatable bonds is 9. The maximum absolute atomic E-state index is 13.4. The number of piperidine rings is 1. The van der Waals surface area contributed by atoms with Crippen LogP contribution in [0.15, 0.2) is 82.4 Å². The maximum atomic E-state index is 13.4. The van der Waals surface area contributed by atoms with Gasteiger partial charge in [0, 0.05) is 31.4 Å². The molecule has 0 bridgehead atoms. The molecule has 2 aromatic rings. The summed E-state index contributed by atoms with van der Waals surface area (Å²) in [6, 6.07) is 18.5. The molecule has 2 aromatic carbocycles. The third-order valence-corrected chi connectivity index (χ3v) is 9.12. The molecule has 0 saturated carbocycles. The summed E-state index contributed by atoms with van der Waals surface area (Å²) in [7, 11) is -1.88. The lowest BCUT2D eigenvalue weighted by atomic mass is 9.92. The molecule has 2 aliphatic heterocycles. The van der Waals surface area contributed by atoms with Gasteiger partial charge in [-0.1, -0.05) is 48.5 Å². The second-order valence-corrected chi connectivity index (χ2v) is 11.6. The summed E-state index contributed by atoms with van der Waals surface area (Å²) < 4.78 is 28.3. The second kappa shape index (κ2) is 11.5. The molecule has 188 valence electrons. The fourth-order valence-electron chi connectivity index (χ4n) is 5.13. The topological polar surface area (TPSA) is 56.2 Å². The van der Waals surface area contributed by atoms with Gasteiger partial charge in [-0.25, -0.2) is 8.42 Å². The summed E-state index contributed by atoms with van der Waals surface area (Å²) in [4.78, 5) is 10.0. The van der Waals surface area contributed by atoms with E-state index in [0.717, 1.165) is 57.5 Å². The van der Waals surface area contributed by atoms with Crippen molar-refractivity contribution in [2.45, 2.75) is 44.0 Å². The van der Waals surface area contributed by atoms with Gasteiger partial charge in [0.1, 0.15) is 0 Å². The summed E-state index contributed by atoms with van der Waals surface area (Å²) in [5, 5.41) is 0. The molecule has 1 saturated heterocycles. The zero-order chi connectivity index (χ0) is 24.8. The Hall–Kier alpha value is -2.48.